The summed E-state index contributed by atoms with van der Waals surface area (Å²) < 4.78 is 80.3. The van der Waals surface area contributed by atoms with Gasteiger partial charge in [0.05, 0.1) is 26.0 Å². The van der Waals surface area contributed by atoms with Crippen molar-refractivity contribution in [2.45, 2.75) is 43.0 Å². The van der Waals surface area contributed by atoms with E-state index in [1.165, 1.54) is 31.4 Å². The molecular weight excluding hydrogens is 515 g/mol. The first-order valence-electron chi connectivity index (χ1n) is 11.5. The van der Waals surface area contributed by atoms with Crippen LogP contribution in [-0.2, 0) is 14.8 Å². The van der Waals surface area contributed by atoms with E-state index >= 15 is 0 Å². The molecule has 2 heterocycles. The Morgan fingerprint density at radius 2 is 1.62 bits per heavy atom. The molecule has 2 aliphatic heterocycles. The summed E-state index contributed by atoms with van der Waals surface area (Å²) >= 11 is 0. The maximum absolute atomic E-state index is 13.1. The van der Waals surface area contributed by atoms with E-state index < -0.39 is 27.0 Å². The molecular formula is C24H26F3N3O6S. The molecule has 0 unspecified atom stereocenters. The highest BCUT2D eigenvalue weighted by molar-refractivity contribution is 7.89. The zero-order valence-corrected chi connectivity index (χ0v) is 21.0. The predicted molar refractivity (Wildman–Crippen MR) is 127 cm³/mol. The van der Waals surface area contributed by atoms with E-state index in [0.717, 1.165) is 22.0 Å². The Kier molecular flexibility index (Phi) is 7.64. The number of halogens is 3. The van der Waals surface area contributed by atoms with Crippen LogP contribution < -0.4 is 14.2 Å². The number of nitrogens with zero attached hydrogens (tertiary/aromatic N) is 3. The zero-order valence-electron chi connectivity index (χ0n) is 20.2. The van der Waals surface area contributed by atoms with Gasteiger partial charge in [0.25, 0.3) is 0 Å². The number of sulfonamides is 1. The molecule has 2 aromatic carbocycles. The molecule has 9 nitrogen and oxygen atoms in total. The summed E-state index contributed by atoms with van der Waals surface area (Å²) in [6.07, 6.45) is -3.80. The molecule has 4 rings (SSSR count). The Morgan fingerprint density at radius 3 is 2.27 bits per heavy atom. The molecule has 2 aromatic rings. The van der Waals surface area contributed by atoms with E-state index in [2.05, 4.69) is 9.84 Å². The van der Waals surface area contributed by atoms with Crippen molar-refractivity contribution >= 4 is 21.6 Å². The van der Waals surface area contributed by atoms with Crippen molar-refractivity contribution in [3.05, 3.63) is 48.0 Å². The summed E-state index contributed by atoms with van der Waals surface area (Å²) in [5.74, 6) is 0.132. The topological polar surface area (TPSA) is 97.7 Å². The number of ether oxygens (including phenoxy) is 3. The minimum absolute atomic E-state index is 0.0122. The maximum Gasteiger partial charge on any atom is 0.573 e. The van der Waals surface area contributed by atoms with E-state index in [9.17, 15) is 26.4 Å². The molecule has 0 spiro atoms. The van der Waals surface area contributed by atoms with Gasteiger partial charge in [0, 0.05) is 31.5 Å². The third-order valence-corrected chi connectivity index (χ3v) is 8.18. The van der Waals surface area contributed by atoms with Crippen molar-refractivity contribution in [1.29, 1.82) is 0 Å². The lowest BCUT2D eigenvalue weighted by Gasteiger charge is -2.37. The molecule has 2 aliphatic rings. The average molecular weight is 542 g/mol. The van der Waals surface area contributed by atoms with E-state index in [1.54, 1.807) is 12.1 Å². The molecule has 37 heavy (non-hydrogen) atoms. The Hall–Kier alpha value is -3.32. The van der Waals surface area contributed by atoms with Gasteiger partial charge in [-0.2, -0.15) is 9.41 Å². The molecule has 0 saturated carbocycles. The van der Waals surface area contributed by atoms with E-state index in [4.69, 9.17) is 9.47 Å². The monoisotopic (exact) mass is 541 g/mol. The van der Waals surface area contributed by atoms with E-state index in [1.807, 2.05) is 6.07 Å². The highest BCUT2D eigenvalue weighted by Crippen LogP contribution is 2.34. The molecule has 0 aromatic heterocycles. The fourth-order valence-electron chi connectivity index (χ4n) is 4.42. The lowest BCUT2D eigenvalue weighted by atomic mass is 10.0. The van der Waals surface area contributed by atoms with Crippen LogP contribution in [0, 0.1) is 0 Å². The van der Waals surface area contributed by atoms with Crippen LogP contribution in [0.2, 0.25) is 0 Å². The number of hydrogen-bond acceptors (Lipinski definition) is 7. The summed E-state index contributed by atoms with van der Waals surface area (Å²) in [5.41, 5.74) is 1.46. The number of hydrogen-bond donors (Lipinski definition) is 0. The lowest BCUT2D eigenvalue weighted by molar-refractivity contribution is -0.275. The van der Waals surface area contributed by atoms with Gasteiger partial charge in [-0.15, -0.1) is 13.2 Å². The van der Waals surface area contributed by atoms with Crippen LogP contribution in [-0.4, -0.2) is 69.1 Å². The van der Waals surface area contributed by atoms with Crippen LogP contribution in [0.4, 0.5) is 13.2 Å². The van der Waals surface area contributed by atoms with Crippen LogP contribution in [0.15, 0.2) is 52.5 Å². The first kappa shape index (κ1) is 26.7. The third-order valence-electron chi connectivity index (χ3n) is 6.24. The van der Waals surface area contributed by atoms with Crippen LogP contribution in [0.5, 0.6) is 17.2 Å². The smallest absolute Gasteiger partial charge is 0.493 e. The first-order valence-corrected chi connectivity index (χ1v) is 12.9. The van der Waals surface area contributed by atoms with Crippen LogP contribution >= 0.6 is 0 Å². The predicted octanol–water partition coefficient (Wildman–Crippen LogP) is 3.78. The number of amides is 1. The number of hydrazone groups is 1. The number of rotatable bonds is 7. The molecule has 200 valence electrons. The third kappa shape index (κ3) is 5.82. The summed E-state index contributed by atoms with van der Waals surface area (Å²) in [6, 6.07) is 9.64. The number of carbonyl (C=O) groups excluding carboxylic acids is 1. The summed E-state index contributed by atoms with van der Waals surface area (Å²) in [7, 11) is -1.20. The number of methoxy groups -OCH3 is 2. The van der Waals surface area contributed by atoms with Gasteiger partial charge < -0.3 is 14.2 Å². The molecule has 0 radical (unpaired) electrons. The molecule has 0 bridgehead atoms. The largest absolute Gasteiger partial charge is 0.573 e. The fraction of sp³-hybridized carbons (Fsp3) is 0.417. The average Bonchev–Trinajstić information content (AvgIpc) is 2.88. The van der Waals surface area contributed by atoms with Gasteiger partial charge in [0.1, 0.15) is 10.6 Å². The zero-order chi connectivity index (χ0) is 26.8. The second kappa shape index (κ2) is 10.6. The number of benzene rings is 2. The van der Waals surface area contributed by atoms with Crippen LogP contribution in [0.25, 0.3) is 0 Å². The SMILES string of the molecule is COc1ccc(C2=NN(C3CCN(S(=O)(=O)c4ccccc4OC(F)(F)F)CC3)C(=O)CC2)cc1OC. The van der Waals surface area contributed by atoms with Gasteiger partial charge in [-0.25, -0.2) is 13.4 Å². The lowest BCUT2D eigenvalue weighted by Crippen LogP contribution is -2.48. The minimum atomic E-state index is -5.03. The van der Waals surface area contributed by atoms with Crippen molar-refractivity contribution in [1.82, 2.24) is 9.31 Å². The van der Waals surface area contributed by atoms with Crippen molar-refractivity contribution in [2.75, 3.05) is 27.3 Å². The molecule has 1 saturated heterocycles. The standard InChI is InChI=1S/C24H26F3N3O6S/c1-34-19-9-7-16(15-21(19)35-2)18-8-10-23(31)30(28-18)17-11-13-29(14-12-17)37(32,33)22-6-4-3-5-20(22)36-24(25,26)27/h3-7,9,15,17H,8,10-14H2,1-2H3. The van der Waals surface area contributed by atoms with Gasteiger partial charge in [0.2, 0.25) is 15.9 Å². The number of piperidine rings is 1. The highest BCUT2D eigenvalue weighted by Gasteiger charge is 2.38. The van der Waals surface area contributed by atoms with Gasteiger partial charge in [0.15, 0.2) is 11.5 Å². The van der Waals surface area contributed by atoms with Gasteiger partial charge >= 0.3 is 6.36 Å². The normalized spacial score (nSPS) is 17.9. The number of alkyl halides is 3. The Bertz CT molecular complexity index is 1290. The minimum Gasteiger partial charge on any atom is -0.493 e. The summed E-state index contributed by atoms with van der Waals surface area (Å²) in [6.45, 7) is 0.0245. The van der Waals surface area contributed by atoms with Crippen molar-refractivity contribution in [3.63, 3.8) is 0 Å². The van der Waals surface area contributed by atoms with Gasteiger partial charge in [-0.3, -0.25) is 4.79 Å². The Balaban J connectivity index is 1.50. The summed E-state index contributed by atoms with van der Waals surface area (Å²) in [5, 5.41) is 5.98. The molecule has 0 atom stereocenters. The molecule has 1 amide bonds. The van der Waals surface area contributed by atoms with Crippen LogP contribution in [0.3, 0.4) is 0 Å². The van der Waals surface area contributed by atoms with Crippen molar-refractivity contribution in [3.8, 4) is 17.2 Å². The van der Waals surface area contributed by atoms with E-state index in [-0.39, 0.29) is 44.3 Å². The maximum atomic E-state index is 13.1. The molecule has 1 fully saturated rings. The van der Waals surface area contributed by atoms with Crippen LogP contribution in [0.1, 0.15) is 31.2 Å². The number of para-hydroxylation sites is 1. The van der Waals surface area contributed by atoms with E-state index in [0.29, 0.717) is 23.6 Å². The quantitative estimate of drug-likeness (QED) is 0.529. The van der Waals surface area contributed by atoms with Gasteiger partial charge in [-0.1, -0.05) is 12.1 Å². The molecule has 13 heteroatoms. The molecule has 0 N–H and O–H groups in total. The fourth-order valence-corrected chi connectivity index (χ4v) is 6.00. The highest BCUT2D eigenvalue weighted by atomic mass is 32.2. The molecule has 0 aliphatic carbocycles. The number of carbonyl (C=O) groups is 1. The van der Waals surface area contributed by atoms with Crippen molar-refractivity contribution < 1.29 is 40.6 Å². The Morgan fingerprint density at radius 1 is 0.946 bits per heavy atom. The second-order valence-electron chi connectivity index (χ2n) is 8.48. The van der Waals surface area contributed by atoms with Crippen molar-refractivity contribution in [2.24, 2.45) is 5.10 Å². The van der Waals surface area contributed by atoms with Gasteiger partial charge in [-0.05, 0) is 43.2 Å². The Labute approximate surface area is 212 Å². The second-order valence-corrected chi connectivity index (χ2v) is 10.4. The summed E-state index contributed by atoms with van der Waals surface area (Å²) in [4.78, 5) is 12.1. The first-order chi connectivity index (χ1) is 17.5.